The Morgan fingerprint density at radius 2 is 1.64 bits per heavy atom. The van der Waals surface area contributed by atoms with Crippen molar-refractivity contribution in [1.82, 2.24) is 5.32 Å². The molecule has 3 aromatic rings. The van der Waals surface area contributed by atoms with Crippen LogP contribution >= 0.6 is 11.6 Å². The van der Waals surface area contributed by atoms with E-state index in [-0.39, 0.29) is 28.5 Å². The van der Waals surface area contributed by atoms with Crippen LogP contribution in [0.1, 0.15) is 39.3 Å². The number of benzene rings is 3. The van der Waals surface area contributed by atoms with E-state index in [4.69, 9.17) is 21.1 Å². The second-order valence-electron chi connectivity index (χ2n) is 7.74. The Bertz CT molecular complexity index is 1160. The van der Waals surface area contributed by atoms with Gasteiger partial charge in [-0.1, -0.05) is 29.8 Å². The van der Waals surface area contributed by atoms with Crippen molar-refractivity contribution in [3.05, 3.63) is 59.1 Å². The lowest BCUT2D eigenvalue weighted by molar-refractivity contribution is -0.275. The van der Waals surface area contributed by atoms with E-state index in [0.717, 1.165) is 22.4 Å². The fourth-order valence-electron chi connectivity index (χ4n) is 3.25. The van der Waals surface area contributed by atoms with E-state index in [1.165, 1.54) is 13.0 Å². The number of fused-ring (bicyclic) bond motifs is 1. The summed E-state index contributed by atoms with van der Waals surface area (Å²) in [6.07, 6.45) is -5.34. The number of carbonyl (C=O) groups excluding carboxylic acids is 1. The highest BCUT2D eigenvalue weighted by atomic mass is 35.5. The van der Waals surface area contributed by atoms with Crippen LogP contribution in [0.15, 0.2) is 48.5 Å². The molecule has 33 heavy (non-hydrogen) atoms. The Kier molecular flexibility index (Phi) is 7.27. The first-order valence-electron chi connectivity index (χ1n) is 10.2. The highest BCUT2D eigenvalue weighted by molar-refractivity contribution is 6.32. The van der Waals surface area contributed by atoms with Crippen molar-refractivity contribution in [3.8, 4) is 23.0 Å². The molecule has 0 aliphatic carbocycles. The monoisotopic (exact) mass is 481 g/mol. The van der Waals surface area contributed by atoms with Crippen molar-refractivity contribution in [3.63, 3.8) is 0 Å². The normalized spacial score (nSPS) is 12.5. The van der Waals surface area contributed by atoms with E-state index in [1.54, 1.807) is 26.0 Å². The number of hydrogen-bond donors (Lipinski definition) is 1. The van der Waals surface area contributed by atoms with Crippen LogP contribution in [0.5, 0.6) is 23.0 Å². The Morgan fingerprint density at radius 1 is 0.970 bits per heavy atom. The summed E-state index contributed by atoms with van der Waals surface area (Å²) in [5, 5.41) is 4.53. The van der Waals surface area contributed by atoms with Crippen LogP contribution in [0.3, 0.4) is 0 Å². The zero-order chi connectivity index (χ0) is 24.3. The summed E-state index contributed by atoms with van der Waals surface area (Å²) in [6.45, 7) is 6.67. The van der Waals surface area contributed by atoms with Gasteiger partial charge in [0.1, 0.15) is 11.5 Å². The molecule has 5 nitrogen and oxygen atoms in total. The molecule has 0 aromatic heterocycles. The van der Waals surface area contributed by atoms with E-state index >= 15 is 0 Å². The zero-order valence-corrected chi connectivity index (χ0v) is 19.2. The van der Waals surface area contributed by atoms with Gasteiger partial charge in [0.2, 0.25) is 5.91 Å². The summed E-state index contributed by atoms with van der Waals surface area (Å²) < 4.78 is 54.0. The van der Waals surface area contributed by atoms with Gasteiger partial charge in [-0.15, -0.1) is 13.2 Å². The topological polar surface area (TPSA) is 56.8 Å². The Morgan fingerprint density at radius 3 is 2.27 bits per heavy atom. The number of nitrogens with one attached hydrogen (secondary N) is 1. The standard InChI is InChI=1S/C24H23ClF3NO4/c1-13(2)31-23-21(25)11-20(12-22(23)33-24(26,27)28)32-19-8-7-17-9-16(5-6-18(17)10-19)14(3)29-15(4)30/h5-14H,1-4H3,(H,29,30). The average Bonchev–Trinajstić information content (AvgIpc) is 2.68. The lowest BCUT2D eigenvalue weighted by atomic mass is 10.0. The molecular formula is C24H23ClF3NO4. The van der Waals surface area contributed by atoms with Crippen molar-refractivity contribution in [2.45, 2.75) is 46.2 Å². The van der Waals surface area contributed by atoms with Crippen LogP contribution in [0.25, 0.3) is 10.8 Å². The fraction of sp³-hybridized carbons (Fsp3) is 0.292. The number of hydrogen-bond acceptors (Lipinski definition) is 4. The van der Waals surface area contributed by atoms with E-state index in [1.807, 2.05) is 31.2 Å². The lowest BCUT2D eigenvalue weighted by Gasteiger charge is -2.18. The summed E-state index contributed by atoms with van der Waals surface area (Å²) in [7, 11) is 0. The molecule has 1 atom stereocenters. The van der Waals surface area contributed by atoms with Crippen LogP contribution < -0.4 is 19.5 Å². The summed E-state index contributed by atoms with van der Waals surface area (Å²) in [4.78, 5) is 11.3. The third-order valence-corrected chi connectivity index (χ3v) is 4.83. The highest BCUT2D eigenvalue weighted by Gasteiger charge is 2.33. The molecule has 9 heteroatoms. The summed E-state index contributed by atoms with van der Waals surface area (Å²) in [5.74, 6) is -0.460. The average molecular weight is 482 g/mol. The van der Waals surface area contributed by atoms with E-state index in [0.29, 0.717) is 5.75 Å². The quantitative estimate of drug-likeness (QED) is 0.388. The maximum Gasteiger partial charge on any atom is 0.573 e. The molecule has 0 saturated heterocycles. The molecule has 1 N–H and O–H groups in total. The smallest absolute Gasteiger partial charge is 0.486 e. The van der Waals surface area contributed by atoms with Crippen LogP contribution in [-0.2, 0) is 4.79 Å². The van der Waals surface area contributed by atoms with Gasteiger partial charge in [0.15, 0.2) is 11.5 Å². The fourth-order valence-corrected chi connectivity index (χ4v) is 3.50. The number of amides is 1. The first-order chi connectivity index (χ1) is 15.4. The van der Waals surface area contributed by atoms with Crippen LogP contribution in [0.2, 0.25) is 5.02 Å². The maximum absolute atomic E-state index is 12.9. The predicted molar refractivity (Wildman–Crippen MR) is 120 cm³/mol. The molecule has 3 rings (SSSR count). The number of rotatable bonds is 7. The van der Waals surface area contributed by atoms with Crippen LogP contribution in [0.4, 0.5) is 13.2 Å². The molecule has 0 saturated carbocycles. The largest absolute Gasteiger partial charge is 0.573 e. The van der Waals surface area contributed by atoms with Gasteiger partial charge < -0.3 is 19.5 Å². The highest BCUT2D eigenvalue weighted by Crippen LogP contribution is 2.43. The lowest BCUT2D eigenvalue weighted by Crippen LogP contribution is -2.23. The molecule has 0 aliphatic rings. The van der Waals surface area contributed by atoms with Gasteiger partial charge in [-0.3, -0.25) is 4.79 Å². The molecule has 0 spiro atoms. The minimum Gasteiger partial charge on any atom is -0.486 e. The SMILES string of the molecule is CC(=O)NC(C)c1ccc2cc(Oc3cc(Cl)c(OC(C)C)c(OC(F)(F)F)c3)ccc2c1. The van der Waals surface area contributed by atoms with E-state index in [2.05, 4.69) is 10.1 Å². The number of alkyl halides is 3. The van der Waals surface area contributed by atoms with E-state index in [9.17, 15) is 18.0 Å². The van der Waals surface area contributed by atoms with Crippen LogP contribution in [-0.4, -0.2) is 18.4 Å². The van der Waals surface area contributed by atoms with Gasteiger partial charge in [0.05, 0.1) is 17.2 Å². The van der Waals surface area contributed by atoms with Gasteiger partial charge in [-0.25, -0.2) is 0 Å². The third kappa shape index (κ3) is 6.68. The molecule has 3 aromatic carbocycles. The number of ether oxygens (including phenoxy) is 3. The Hall–Kier alpha value is -3.13. The van der Waals surface area contributed by atoms with Crippen molar-refractivity contribution >= 4 is 28.3 Å². The second kappa shape index (κ2) is 9.79. The molecule has 1 amide bonds. The number of carbonyl (C=O) groups is 1. The minimum absolute atomic E-state index is 0.0607. The summed E-state index contributed by atoms with van der Waals surface area (Å²) in [6, 6.07) is 13.3. The van der Waals surface area contributed by atoms with Gasteiger partial charge in [0, 0.05) is 19.1 Å². The first kappa shape index (κ1) is 24.5. The summed E-state index contributed by atoms with van der Waals surface area (Å²) >= 11 is 6.17. The Balaban J connectivity index is 1.90. The molecule has 176 valence electrons. The molecule has 0 aliphatic heterocycles. The van der Waals surface area contributed by atoms with Gasteiger partial charge in [-0.05, 0) is 55.3 Å². The summed E-state index contributed by atoms with van der Waals surface area (Å²) in [5.41, 5.74) is 0.938. The minimum atomic E-state index is -4.92. The van der Waals surface area contributed by atoms with Crippen molar-refractivity contribution in [2.75, 3.05) is 0 Å². The van der Waals surface area contributed by atoms with Crippen LogP contribution in [0, 0.1) is 0 Å². The third-order valence-electron chi connectivity index (χ3n) is 4.55. The molecule has 0 fully saturated rings. The maximum atomic E-state index is 12.9. The van der Waals surface area contributed by atoms with Gasteiger partial charge >= 0.3 is 6.36 Å². The van der Waals surface area contributed by atoms with E-state index < -0.39 is 18.2 Å². The van der Waals surface area contributed by atoms with Gasteiger partial charge in [0.25, 0.3) is 0 Å². The first-order valence-corrected chi connectivity index (χ1v) is 10.5. The Labute approximate surface area is 194 Å². The molecule has 1 unspecified atom stereocenters. The molecular weight excluding hydrogens is 459 g/mol. The second-order valence-corrected chi connectivity index (χ2v) is 8.15. The van der Waals surface area contributed by atoms with Gasteiger partial charge in [-0.2, -0.15) is 0 Å². The molecule has 0 bridgehead atoms. The molecule has 0 radical (unpaired) electrons. The van der Waals surface area contributed by atoms with Crippen molar-refractivity contribution < 1.29 is 32.2 Å². The number of halogens is 4. The molecule has 0 heterocycles. The zero-order valence-electron chi connectivity index (χ0n) is 18.4. The van der Waals surface area contributed by atoms with Crippen molar-refractivity contribution in [2.24, 2.45) is 0 Å². The van der Waals surface area contributed by atoms with Crippen molar-refractivity contribution in [1.29, 1.82) is 0 Å². The predicted octanol–water partition coefficient (Wildman–Crippen LogP) is 7.17.